The highest BCUT2D eigenvalue weighted by molar-refractivity contribution is 6.31. The molecule has 6 heteroatoms. The van der Waals surface area contributed by atoms with Gasteiger partial charge in [-0.1, -0.05) is 11.6 Å². The van der Waals surface area contributed by atoms with Gasteiger partial charge in [0.25, 0.3) is 0 Å². The van der Waals surface area contributed by atoms with Crippen molar-refractivity contribution in [3.05, 3.63) is 46.6 Å². The topological polar surface area (TPSA) is 57.7 Å². The Morgan fingerprint density at radius 3 is 2.50 bits per heavy atom. The Morgan fingerprint density at radius 1 is 1.21 bits per heavy atom. The number of carbonyl (C=O) groups excluding carboxylic acids is 1. The van der Waals surface area contributed by atoms with Crippen LogP contribution in [0.15, 0.2) is 30.5 Å². The summed E-state index contributed by atoms with van der Waals surface area (Å²) in [5, 5.41) is 0.393. The zero-order valence-electron chi connectivity index (χ0n) is 16.9. The second-order valence-corrected chi connectivity index (χ2v) is 8.66. The lowest BCUT2D eigenvalue weighted by Gasteiger charge is -2.20. The molecule has 150 valence electrons. The highest BCUT2D eigenvalue weighted by atomic mass is 35.5. The van der Waals surface area contributed by atoms with E-state index in [-0.39, 0.29) is 12.1 Å². The first-order valence-corrected chi connectivity index (χ1v) is 9.87. The second kappa shape index (κ2) is 8.00. The van der Waals surface area contributed by atoms with Gasteiger partial charge in [-0.25, -0.2) is 9.78 Å². The van der Waals surface area contributed by atoms with Gasteiger partial charge in [0, 0.05) is 6.07 Å². The zero-order chi connectivity index (χ0) is 20.5. The molecule has 1 aliphatic carbocycles. The van der Waals surface area contributed by atoms with Crippen LogP contribution in [0.3, 0.4) is 0 Å². The van der Waals surface area contributed by atoms with Crippen molar-refractivity contribution in [2.45, 2.75) is 65.1 Å². The number of nitrogens with zero attached hydrogens (tertiary/aromatic N) is 1. The van der Waals surface area contributed by atoms with Crippen molar-refractivity contribution in [1.82, 2.24) is 4.98 Å². The molecule has 1 heterocycles. The third kappa shape index (κ3) is 5.38. The van der Waals surface area contributed by atoms with Crippen molar-refractivity contribution >= 4 is 17.6 Å². The molecule has 0 bridgehead atoms. The van der Waals surface area contributed by atoms with E-state index in [1.54, 1.807) is 24.4 Å². The molecule has 3 rings (SSSR count). The second-order valence-electron chi connectivity index (χ2n) is 8.26. The molecule has 0 radical (unpaired) electrons. The predicted octanol–water partition coefficient (Wildman–Crippen LogP) is 6.15. The Morgan fingerprint density at radius 2 is 1.93 bits per heavy atom. The minimum absolute atomic E-state index is 0.0152. The molecular formula is C22H26ClNO4. The Labute approximate surface area is 171 Å². The largest absolute Gasteiger partial charge is 0.474 e. The molecule has 0 atom stereocenters. The molecule has 2 aromatic rings. The summed E-state index contributed by atoms with van der Waals surface area (Å²) < 4.78 is 17.1. The quantitative estimate of drug-likeness (QED) is 0.541. The fourth-order valence-corrected chi connectivity index (χ4v) is 2.92. The Kier molecular flexibility index (Phi) is 5.84. The van der Waals surface area contributed by atoms with E-state index in [2.05, 4.69) is 4.98 Å². The van der Waals surface area contributed by atoms with E-state index in [0.717, 1.165) is 18.4 Å². The SMILES string of the molecule is CC(C)Oc1ncc(Oc2ccc(C(=O)OC(C)(C)C)cc2C2CC2)cc1Cl. The highest BCUT2D eigenvalue weighted by Gasteiger charge is 2.29. The van der Waals surface area contributed by atoms with E-state index < -0.39 is 5.60 Å². The van der Waals surface area contributed by atoms with Crippen LogP contribution in [0, 0.1) is 0 Å². The van der Waals surface area contributed by atoms with Crippen LogP contribution in [-0.2, 0) is 4.74 Å². The molecule has 1 saturated carbocycles. The van der Waals surface area contributed by atoms with Gasteiger partial charge < -0.3 is 14.2 Å². The number of hydrogen-bond acceptors (Lipinski definition) is 5. The molecule has 0 N–H and O–H groups in total. The predicted molar refractivity (Wildman–Crippen MR) is 109 cm³/mol. The lowest BCUT2D eigenvalue weighted by molar-refractivity contribution is 0.00694. The number of esters is 1. The molecule has 0 saturated heterocycles. The molecule has 0 aliphatic heterocycles. The number of halogens is 1. The van der Waals surface area contributed by atoms with Gasteiger partial charge in [0.1, 0.15) is 22.1 Å². The number of carbonyl (C=O) groups is 1. The molecule has 5 nitrogen and oxygen atoms in total. The number of benzene rings is 1. The smallest absolute Gasteiger partial charge is 0.338 e. The van der Waals surface area contributed by atoms with Gasteiger partial charge in [-0.3, -0.25) is 0 Å². The lowest BCUT2D eigenvalue weighted by atomic mass is 10.1. The van der Waals surface area contributed by atoms with Gasteiger partial charge in [0.2, 0.25) is 5.88 Å². The van der Waals surface area contributed by atoms with Crippen LogP contribution in [0.25, 0.3) is 0 Å². The summed E-state index contributed by atoms with van der Waals surface area (Å²) in [5.41, 5.74) is 0.997. The van der Waals surface area contributed by atoms with Crippen LogP contribution in [0.5, 0.6) is 17.4 Å². The van der Waals surface area contributed by atoms with Gasteiger partial charge in [0.15, 0.2) is 0 Å². The summed E-state index contributed by atoms with van der Waals surface area (Å²) in [4.78, 5) is 16.6. The maximum absolute atomic E-state index is 12.4. The summed E-state index contributed by atoms with van der Waals surface area (Å²) in [6.07, 6.45) is 3.73. The first kappa shape index (κ1) is 20.5. The summed E-state index contributed by atoms with van der Waals surface area (Å²) in [6.45, 7) is 9.39. The minimum Gasteiger partial charge on any atom is -0.474 e. The van der Waals surface area contributed by atoms with Crippen LogP contribution in [0.2, 0.25) is 5.02 Å². The Hall–Kier alpha value is -2.27. The molecule has 0 unspecified atom stereocenters. The van der Waals surface area contributed by atoms with Crippen molar-refractivity contribution in [1.29, 1.82) is 0 Å². The first-order chi connectivity index (χ1) is 13.1. The summed E-state index contributed by atoms with van der Waals surface area (Å²) >= 11 is 6.25. The molecule has 1 aromatic carbocycles. The van der Waals surface area contributed by atoms with Crippen molar-refractivity contribution in [2.24, 2.45) is 0 Å². The van der Waals surface area contributed by atoms with Crippen LogP contribution < -0.4 is 9.47 Å². The van der Waals surface area contributed by atoms with Gasteiger partial charge >= 0.3 is 5.97 Å². The van der Waals surface area contributed by atoms with Crippen LogP contribution in [0.1, 0.15) is 69.3 Å². The molecule has 0 amide bonds. The molecule has 28 heavy (non-hydrogen) atoms. The number of rotatable bonds is 6. The third-order valence-electron chi connectivity index (χ3n) is 4.02. The average molecular weight is 404 g/mol. The standard InChI is InChI=1S/C22H26ClNO4/c1-13(2)26-20-18(23)11-16(12-24-20)27-19-9-8-15(10-17(19)14-6-7-14)21(25)28-22(3,4)5/h8-14H,6-7H2,1-5H3. The van der Waals surface area contributed by atoms with Crippen LogP contribution in [0.4, 0.5) is 0 Å². The van der Waals surface area contributed by atoms with E-state index in [0.29, 0.717) is 33.9 Å². The highest BCUT2D eigenvalue weighted by Crippen LogP contribution is 2.46. The Bertz CT molecular complexity index is 869. The summed E-state index contributed by atoms with van der Waals surface area (Å²) in [7, 11) is 0. The van der Waals surface area contributed by atoms with Gasteiger partial charge in [-0.2, -0.15) is 0 Å². The zero-order valence-corrected chi connectivity index (χ0v) is 17.7. The van der Waals surface area contributed by atoms with E-state index >= 15 is 0 Å². The summed E-state index contributed by atoms with van der Waals surface area (Å²) in [6, 6.07) is 7.08. The van der Waals surface area contributed by atoms with E-state index in [1.165, 1.54) is 0 Å². The number of pyridine rings is 1. The van der Waals surface area contributed by atoms with Gasteiger partial charge in [-0.15, -0.1) is 0 Å². The van der Waals surface area contributed by atoms with Crippen molar-refractivity contribution in [3.63, 3.8) is 0 Å². The van der Waals surface area contributed by atoms with E-state index in [1.807, 2.05) is 40.7 Å². The van der Waals surface area contributed by atoms with E-state index in [4.69, 9.17) is 25.8 Å². The number of ether oxygens (including phenoxy) is 3. The maximum atomic E-state index is 12.4. The fourth-order valence-electron chi connectivity index (χ4n) is 2.72. The van der Waals surface area contributed by atoms with Crippen molar-refractivity contribution < 1.29 is 19.0 Å². The summed E-state index contributed by atoms with van der Waals surface area (Å²) in [5.74, 6) is 1.66. The van der Waals surface area contributed by atoms with Crippen molar-refractivity contribution in [2.75, 3.05) is 0 Å². The lowest BCUT2D eigenvalue weighted by Crippen LogP contribution is -2.23. The first-order valence-electron chi connectivity index (χ1n) is 9.50. The monoisotopic (exact) mass is 403 g/mol. The molecule has 1 aliphatic rings. The van der Waals surface area contributed by atoms with Gasteiger partial charge in [-0.05, 0) is 77.1 Å². The Balaban J connectivity index is 1.82. The third-order valence-corrected chi connectivity index (χ3v) is 4.29. The van der Waals surface area contributed by atoms with Crippen LogP contribution in [-0.4, -0.2) is 22.7 Å². The van der Waals surface area contributed by atoms with Gasteiger partial charge in [0.05, 0.1) is 17.9 Å². The molecule has 1 fully saturated rings. The number of hydrogen-bond donors (Lipinski definition) is 0. The van der Waals surface area contributed by atoms with Crippen LogP contribution >= 0.6 is 11.6 Å². The number of aromatic nitrogens is 1. The normalized spacial score (nSPS) is 14.1. The van der Waals surface area contributed by atoms with Crippen molar-refractivity contribution in [3.8, 4) is 17.4 Å². The van der Waals surface area contributed by atoms with E-state index in [9.17, 15) is 4.79 Å². The molecule has 1 aromatic heterocycles. The molecule has 0 spiro atoms. The molecular weight excluding hydrogens is 378 g/mol. The maximum Gasteiger partial charge on any atom is 0.338 e. The average Bonchev–Trinajstić information content (AvgIpc) is 3.40. The minimum atomic E-state index is -0.534. The fraction of sp³-hybridized carbons (Fsp3) is 0.455.